The van der Waals surface area contributed by atoms with Crippen molar-refractivity contribution in [1.82, 2.24) is 0 Å². The van der Waals surface area contributed by atoms with E-state index in [1.54, 1.807) is 0 Å². The second kappa shape index (κ2) is 5.02. The van der Waals surface area contributed by atoms with Crippen LogP contribution >= 0.6 is 22.6 Å². The van der Waals surface area contributed by atoms with E-state index >= 15 is 0 Å². The van der Waals surface area contributed by atoms with E-state index in [0.29, 0.717) is 6.61 Å². The van der Waals surface area contributed by atoms with E-state index in [4.69, 9.17) is 4.74 Å². The van der Waals surface area contributed by atoms with Crippen molar-refractivity contribution >= 4 is 22.6 Å². The molecule has 1 aliphatic heterocycles. The Morgan fingerprint density at radius 3 is 2.62 bits per heavy atom. The van der Waals surface area contributed by atoms with Crippen LogP contribution in [-0.4, -0.2) is 18.3 Å². The summed E-state index contributed by atoms with van der Waals surface area (Å²) in [6.45, 7) is 3.40. The van der Waals surface area contributed by atoms with Crippen LogP contribution < -0.4 is 0 Å². The fourth-order valence-electron chi connectivity index (χ4n) is 2.21. The summed E-state index contributed by atoms with van der Waals surface area (Å²) in [5.74, 6) is 0.210. The van der Waals surface area contributed by atoms with Gasteiger partial charge in [0.2, 0.25) is 0 Å². The van der Waals surface area contributed by atoms with Crippen LogP contribution in [0.2, 0.25) is 0 Å². The second-order valence-corrected chi connectivity index (χ2v) is 5.81. The van der Waals surface area contributed by atoms with Gasteiger partial charge >= 0.3 is 0 Å². The van der Waals surface area contributed by atoms with Gasteiger partial charge in [-0.1, -0.05) is 12.1 Å². The predicted molar refractivity (Wildman–Crippen MR) is 72.3 cm³/mol. The number of halogens is 1. The number of hydrogen-bond donors (Lipinski definition) is 1. The predicted octanol–water partition coefficient (Wildman–Crippen LogP) is 2.93. The molecule has 1 heterocycles. The zero-order valence-corrected chi connectivity index (χ0v) is 11.6. The van der Waals surface area contributed by atoms with Crippen molar-refractivity contribution in [3.05, 3.63) is 33.4 Å². The van der Waals surface area contributed by atoms with Crippen molar-refractivity contribution in [2.45, 2.75) is 25.4 Å². The molecule has 1 saturated heterocycles. The minimum atomic E-state index is -0.773. The topological polar surface area (TPSA) is 29.5 Å². The van der Waals surface area contributed by atoms with E-state index in [9.17, 15) is 5.11 Å². The Labute approximate surface area is 110 Å². The molecule has 2 nitrogen and oxygen atoms in total. The van der Waals surface area contributed by atoms with Crippen molar-refractivity contribution in [1.29, 1.82) is 0 Å². The fraction of sp³-hybridized carbons (Fsp3) is 0.538. The molecule has 0 aromatic heterocycles. The Morgan fingerprint density at radius 1 is 1.38 bits per heavy atom. The summed E-state index contributed by atoms with van der Waals surface area (Å²) in [5.41, 5.74) is 0.216. The van der Waals surface area contributed by atoms with Crippen molar-refractivity contribution < 1.29 is 9.84 Å². The molecular weight excluding hydrogens is 315 g/mol. The average Bonchev–Trinajstić information content (AvgIpc) is 2.31. The lowest BCUT2D eigenvalue weighted by atomic mass is 9.80. The molecule has 0 radical (unpaired) electrons. The molecule has 0 saturated carbocycles. The highest BCUT2D eigenvalue weighted by Crippen LogP contribution is 2.34. The molecule has 16 heavy (non-hydrogen) atoms. The van der Waals surface area contributed by atoms with Crippen LogP contribution in [0, 0.1) is 9.49 Å². The lowest BCUT2D eigenvalue weighted by molar-refractivity contribution is -0.0723. The maximum absolute atomic E-state index is 10.6. The first-order chi connectivity index (χ1) is 7.60. The summed E-state index contributed by atoms with van der Waals surface area (Å²) in [5, 5.41) is 10.6. The Balaban J connectivity index is 2.19. The van der Waals surface area contributed by atoms with Crippen LogP contribution in [0.5, 0.6) is 0 Å². The first-order valence-electron chi connectivity index (χ1n) is 5.67. The molecular formula is C13H17IO2. The Bertz CT molecular complexity index is 339. The summed E-state index contributed by atoms with van der Waals surface area (Å²) in [4.78, 5) is 0. The highest BCUT2D eigenvalue weighted by atomic mass is 127. The van der Waals surface area contributed by atoms with Crippen LogP contribution in [-0.2, 0) is 10.3 Å². The molecule has 1 fully saturated rings. The molecule has 2 unspecified atom stereocenters. The number of benzene rings is 1. The van der Waals surface area contributed by atoms with E-state index < -0.39 is 5.60 Å². The fourth-order valence-corrected chi connectivity index (χ4v) is 2.57. The third-order valence-corrected chi connectivity index (χ3v) is 4.10. The van der Waals surface area contributed by atoms with Crippen molar-refractivity contribution in [2.24, 2.45) is 5.92 Å². The Kier molecular flexibility index (Phi) is 3.87. The number of rotatable bonds is 2. The molecule has 2 rings (SSSR count). The van der Waals surface area contributed by atoms with E-state index in [-0.39, 0.29) is 5.92 Å². The molecule has 1 aromatic rings. The summed E-state index contributed by atoms with van der Waals surface area (Å²) in [7, 11) is 0. The average molecular weight is 332 g/mol. The van der Waals surface area contributed by atoms with Gasteiger partial charge in [0.25, 0.3) is 0 Å². The van der Waals surface area contributed by atoms with Gasteiger partial charge in [0, 0.05) is 16.1 Å². The van der Waals surface area contributed by atoms with Gasteiger partial charge in [0.05, 0.1) is 12.2 Å². The third kappa shape index (κ3) is 2.57. The monoisotopic (exact) mass is 332 g/mol. The standard InChI is InChI=1S/C13H17IO2/c1-13(15,11-3-2-8-16-9-11)10-4-6-12(14)7-5-10/h4-7,11,15H,2-3,8-9H2,1H3. The maximum Gasteiger partial charge on any atom is 0.0918 e. The van der Waals surface area contributed by atoms with Gasteiger partial charge in [-0.3, -0.25) is 0 Å². The molecule has 0 amide bonds. The smallest absolute Gasteiger partial charge is 0.0918 e. The van der Waals surface area contributed by atoms with Crippen LogP contribution in [0.1, 0.15) is 25.3 Å². The van der Waals surface area contributed by atoms with Gasteiger partial charge in [-0.2, -0.15) is 0 Å². The molecule has 0 aliphatic carbocycles. The summed E-state index contributed by atoms with van der Waals surface area (Å²) in [6.07, 6.45) is 2.09. The first-order valence-corrected chi connectivity index (χ1v) is 6.75. The van der Waals surface area contributed by atoms with Gasteiger partial charge in [-0.15, -0.1) is 0 Å². The van der Waals surface area contributed by atoms with E-state index in [2.05, 4.69) is 22.6 Å². The SMILES string of the molecule is CC(O)(c1ccc(I)cc1)C1CCCOC1. The van der Waals surface area contributed by atoms with Crippen LogP contribution in [0.15, 0.2) is 24.3 Å². The lowest BCUT2D eigenvalue weighted by Gasteiger charge is -2.35. The highest BCUT2D eigenvalue weighted by molar-refractivity contribution is 14.1. The Hall–Kier alpha value is -0.130. The quantitative estimate of drug-likeness (QED) is 0.844. The molecule has 2 atom stereocenters. The largest absolute Gasteiger partial charge is 0.385 e. The summed E-state index contributed by atoms with van der Waals surface area (Å²) < 4.78 is 6.64. The number of ether oxygens (including phenoxy) is 1. The minimum Gasteiger partial charge on any atom is -0.385 e. The van der Waals surface area contributed by atoms with Crippen LogP contribution in [0.3, 0.4) is 0 Å². The van der Waals surface area contributed by atoms with Gasteiger partial charge in [0.15, 0.2) is 0 Å². The molecule has 1 N–H and O–H groups in total. The zero-order chi connectivity index (χ0) is 11.6. The van der Waals surface area contributed by atoms with E-state index in [0.717, 1.165) is 25.0 Å². The van der Waals surface area contributed by atoms with E-state index in [1.807, 2.05) is 31.2 Å². The second-order valence-electron chi connectivity index (χ2n) is 4.57. The van der Waals surface area contributed by atoms with Gasteiger partial charge < -0.3 is 9.84 Å². The molecule has 0 spiro atoms. The van der Waals surface area contributed by atoms with Gasteiger partial charge in [-0.05, 0) is 60.1 Å². The third-order valence-electron chi connectivity index (χ3n) is 3.38. The minimum absolute atomic E-state index is 0.210. The van der Waals surface area contributed by atoms with Crippen molar-refractivity contribution in [3.8, 4) is 0 Å². The zero-order valence-electron chi connectivity index (χ0n) is 9.45. The highest BCUT2D eigenvalue weighted by Gasteiger charge is 2.34. The molecule has 3 heteroatoms. The number of aliphatic hydroxyl groups is 1. The summed E-state index contributed by atoms with van der Waals surface area (Å²) in [6, 6.07) is 8.09. The van der Waals surface area contributed by atoms with Crippen molar-refractivity contribution in [2.75, 3.05) is 13.2 Å². The molecule has 0 bridgehead atoms. The number of hydrogen-bond acceptors (Lipinski definition) is 2. The molecule has 88 valence electrons. The van der Waals surface area contributed by atoms with E-state index in [1.165, 1.54) is 3.57 Å². The van der Waals surface area contributed by atoms with Gasteiger partial charge in [-0.25, -0.2) is 0 Å². The Morgan fingerprint density at radius 2 is 2.06 bits per heavy atom. The van der Waals surface area contributed by atoms with Gasteiger partial charge in [0.1, 0.15) is 0 Å². The summed E-state index contributed by atoms with van der Waals surface area (Å²) >= 11 is 2.27. The lowest BCUT2D eigenvalue weighted by Crippen LogP contribution is -2.37. The van der Waals surface area contributed by atoms with Crippen molar-refractivity contribution in [3.63, 3.8) is 0 Å². The van der Waals surface area contributed by atoms with Crippen LogP contribution in [0.25, 0.3) is 0 Å². The normalized spacial score (nSPS) is 25.1. The van der Waals surface area contributed by atoms with Crippen LogP contribution in [0.4, 0.5) is 0 Å². The maximum atomic E-state index is 10.6. The first kappa shape index (κ1) is 12.3. The molecule has 1 aliphatic rings. The molecule has 1 aromatic carbocycles.